The molecule has 0 radical (unpaired) electrons. The lowest BCUT2D eigenvalue weighted by atomic mass is 10.2. The largest absolute Gasteiger partial charge is 0.324 e. The molecule has 2 heterocycles. The number of nitro groups is 1. The van der Waals surface area contributed by atoms with Gasteiger partial charge in [-0.1, -0.05) is 6.07 Å². The van der Waals surface area contributed by atoms with Crippen LogP contribution in [0.2, 0.25) is 0 Å². The van der Waals surface area contributed by atoms with Crippen LogP contribution in [-0.2, 0) is 0 Å². The molecule has 3 rings (SSSR count). The molecule has 0 bridgehead atoms. The first-order valence-electron chi connectivity index (χ1n) is 5.46. The molecule has 0 aliphatic heterocycles. The molecule has 0 aliphatic rings. The third kappa shape index (κ3) is 2.23. The standard InChI is InChI=1S/C12H8N4O2S/c17-16(18)8-4-5-10-9(7-8)12(15-19-10)14-11-3-1-2-6-13-11/h1-7H,(H,13,14,15). The molecule has 1 N–H and O–H groups in total. The van der Waals surface area contributed by atoms with Gasteiger partial charge in [0, 0.05) is 23.7 Å². The average Bonchev–Trinajstić information content (AvgIpc) is 2.82. The normalized spacial score (nSPS) is 10.5. The van der Waals surface area contributed by atoms with Crippen LogP contribution in [0, 0.1) is 10.1 Å². The molecule has 0 fully saturated rings. The highest BCUT2D eigenvalue weighted by Gasteiger charge is 2.12. The van der Waals surface area contributed by atoms with Crippen LogP contribution in [0.5, 0.6) is 0 Å². The van der Waals surface area contributed by atoms with Crippen LogP contribution in [0.15, 0.2) is 42.6 Å². The molecule has 6 nitrogen and oxygen atoms in total. The van der Waals surface area contributed by atoms with Crippen LogP contribution in [-0.4, -0.2) is 14.3 Å². The monoisotopic (exact) mass is 272 g/mol. The van der Waals surface area contributed by atoms with Gasteiger partial charge in [-0.2, -0.15) is 4.37 Å². The van der Waals surface area contributed by atoms with Crippen LogP contribution in [0.4, 0.5) is 17.3 Å². The van der Waals surface area contributed by atoms with Crippen molar-refractivity contribution < 1.29 is 4.92 Å². The molecule has 19 heavy (non-hydrogen) atoms. The summed E-state index contributed by atoms with van der Waals surface area (Å²) < 4.78 is 5.15. The topological polar surface area (TPSA) is 81.0 Å². The Morgan fingerprint density at radius 2 is 2.16 bits per heavy atom. The van der Waals surface area contributed by atoms with E-state index in [1.807, 2.05) is 18.2 Å². The summed E-state index contributed by atoms with van der Waals surface area (Å²) in [5.74, 6) is 1.24. The number of nitrogens with one attached hydrogen (secondary N) is 1. The summed E-state index contributed by atoms with van der Waals surface area (Å²) in [5, 5.41) is 14.6. The highest BCUT2D eigenvalue weighted by atomic mass is 32.1. The van der Waals surface area contributed by atoms with Crippen molar-refractivity contribution in [1.82, 2.24) is 9.36 Å². The van der Waals surface area contributed by atoms with Gasteiger partial charge in [-0.15, -0.1) is 0 Å². The minimum Gasteiger partial charge on any atom is -0.324 e. The zero-order chi connectivity index (χ0) is 13.2. The lowest BCUT2D eigenvalue weighted by Gasteiger charge is -2.01. The summed E-state index contributed by atoms with van der Waals surface area (Å²) in [6.07, 6.45) is 1.67. The van der Waals surface area contributed by atoms with Gasteiger partial charge >= 0.3 is 0 Å². The van der Waals surface area contributed by atoms with Crippen molar-refractivity contribution in [2.24, 2.45) is 0 Å². The summed E-state index contributed by atoms with van der Waals surface area (Å²) in [7, 11) is 0. The van der Waals surface area contributed by atoms with Gasteiger partial charge < -0.3 is 5.32 Å². The number of nitro benzene ring substituents is 1. The zero-order valence-corrected chi connectivity index (χ0v) is 10.4. The molecule has 0 saturated heterocycles. The van der Waals surface area contributed by atoms with E-state index in [0.717, 1.165) is 10.1 Å². The summed E-state index contributed by atoms with van der Waals surface area (Å²) in [6.45, 7) is 0. The molecule has 2 aromatic heterocycles. The van der Waals surface area contributed by atoms with Crippen molar-refractivity contribution in [3.05, 3.63) is 52.7 Å². The fourth-order valence-corrected chi connectivity index (χ4v) is 2.40. The SMILES string of the molecule is O=[N+]([O-])c1ccc2snc(Nc3ccccn3)c2c1. The van der Waals surface area contributed by atoms with Gasteiger partial charge in [0.05, 0.1) is 9.62 Å². The smallest absolute Gasteiger partial charge is 0.270 e. The molecule has 0 amide bonds. The average molecular weight is 272 g/mol. The number of rotatable bonds is 3. The molecule has 0 unspecified atom stereocenters. The Morgan fingerprint density at radius 3 is 2.89 bits per heavy atom. The van der Waals surface area contributed by atoms with Crippen LogP contribution in [0.3, 0.4) is 0 Å². The number of hydrogen-bond donors (Lipinski definition) is 1. The number of aromatic nitrogens is 2. The Kier molecular flexibility index (Phi) is 2.81. The molecule has 7 heteroatoms. The maximum Gasteiger partial charge on any atom is 0.270 e. The van der Waals surface area contributed by atoms with Gasteiger partial charge in [-0.25, -0.2) is 4.98 Å². The molecule has 1 aromatic carbocycles. The highest BCUT2D eigenvalue weighted by Crippen LogP contribution is 2.31. The number of nitrogens with zero attached hydrogens (tertiary/aromatic N) is 3. The first-order valence-corrected chi connectivity index (χ1v) is 6.23. The van der Waals surface area contributed by atoms with Crippen LogP contribution in [0.1, 0.15) is 0 Å². The van der Waals surface area contributed by atoms with Gasteiger partial charge in [0.1, 0.15) is 5.82 Å². The maximum atomic E-state index is 10.8. The van der Waals surface area contributed by atoms with Gasteiger partial charge in [0.2, 0.25) is 0 Å². The van der Waals surface area contributed by atoms with Crippen molar-refractivity contribution in [2.45, 2.75) is 0 Å². The summed E-state index contributed by atoms with van der Waals surface area (Å²) in [5.41, 5.74) is 0.0526. The number of anilines is 2. The Morgan fingerprint density at radius 1 is 1.26 bits per heavy atom. The fraction of sp³-hybridized carbons (Fsp3) is 0. The second kappa shape index (κ2) is 4.62. The number of fused-ring (bicyclic) bond motifs is 1. The quantitative estimate of drug-likeness (QED) is 0.584. The lowest BCUT2D eigenvalue weighted by molar-refractivity contribution is -0.384. The van der Waals surface area contributed by atoms with Crippen molar-refractivity contribution >= 4 is 38.9 Å². The molecule has 0 spiro atoms. The second-order valence-corrected chi connectivity index (χ2v) is 4.61. The number of hydrogen-bond acceptors (Lipinski definition) is 6. The van der Waals surface area contributed by atoms with E-state index in [2.05, 4.69) is 14.7 Å². The zero-order valence-electron chi connectivity index (χ0n) is 9.61. The molecule has 0 saturated carbocycles. The van der Waals surface area contributed by atoms with Crippen molar-refractivity contribution in [3.8, 4) is 0 Å². The summed E-state index contributed by atoms with van der Waals surface area (Å²) in [6, 6.07) is 10.2. The van der Waals surface area contributed by atoms with E-state index in [-0.39, 0.29) is 5.69 Å². The Labute approximate surface area is 112 Å². The summed E-state index contributed by atoms with van der Waals surface area (Å²) in [4.78, 5) is 14.5. The third-order valence-electron chi connectivity index (χ3n) is 2.58. The number of non-ortho nitro benzene ring substituents is 1. The van der Waals surface area contributed by atoms with Gasteiger partial charge in [-0.05, 0) is 29.7 Å². The molecular formula is C12H8N4O2S. The third-order valence-corrected chi connectivity index (χ3v) is 3.40. The fourth-order valence-electron chi connectivity index (χ4n) is 1.69. The van der Waals surface area contributed by atoms with E-state index in [1.165, 1.54) is 23.7 Å². The molecule has 94 valence electrons. The molecule has 3 aromatic rings. The molecule has 0 aliphatic carbocycles. The highest BCUT2D eigenvalue weighted by molar-refractivity contribution is 7.13. The minimum atomic E-state index is -0.415. The van der Waals surface area contributed by atoms with E-state index in [9.17, 15) is 10.1 Å². The van der Waals surface area contributed by atoms with E-state index in [1.54, 1.807) is 12.3 Å². The Balaban J connectivity index is 2.04. The van der Waals surface area contributed by atoms with Crippen LogP contribution in [0.25, 0.3) is 10.1 Å². The first-order chi connectivity index (χ1) is 9.24. The minimum absolute atomic E-state index is 0.0526. The van der Waals surface area contributed by atoms with E-state index in [0.29, 0.717) is 11.6 Å². The van der Waals surface area contributed by atoms with Gasteiger partial charge in [0.25, 0.3) is 5.69 Å². The van der Waals surface area contributed by atoms with Crippen LogP contribution >= 0.6 is 11.5 Å². The van der Waals surface area contributed by atoms with E-state index >= 15 is 0 Å². The summed E-state index contributed by atoms with van der Waals surface area (Å²) >= 11 is 1.29. The molecule has 0 atom stereocenters. The first kappa shape index (κ1) is 11.5. The van der Waals surface area contributed by atoms with Gasteiger partial charge in [0.15, 0.2) is 5.82 Å². The van der Waals surface area contributed by atoms with E-state index < -0.39 is 4.92 Å². The van der Waals surface area contributed by atoms with Gasteiger partial charge in [-0.3, -0.25) is 10.1 Å². The van der Waals surface area contributed by atoms with Crippen molar-refractivity contribution in [3.63, 3.8) is 0 Å². The number of pyridine rings is 1. The predicted molar refractivity (Wildman–Crippen MR) is 73.8 cm³/mol. The second-order valence-electron chi connectivity index (χ2n) is 3.81. The number of benzene rings is 1. The Bertz CT molecular complexity index is 742. The molecular weight excluding hydrogens is 264 g/mol. The van der Waals surface area contributed by atoms with Crippen LogP contribution < -0.4 is 5.32 Å². The van der Waals surface area contributed by atoms with Crippen molar-refractivity contribution in [2.75, 3.05) is 5.32 Å². The van der Waals surface area contributed by atoms with E-state index in [4.69, 9.17) is 0 Å². The Hall–Kier alpha value is -2.54. The lowest BCUT2D eigenvalue weighted by Crippen LogP contribution is -1.93. The van der Waals surface area contributed by atoms with Crippen molar-refractivity contribution in [1.29, 1.82) is 0 Å². The maximum absolute atomic E-state index is 10.8. The predicted octanol–water partition coefficient (Wildman–Crippen LogP) is 3.34.